The van der Waals surface area contributed by atoms with Crippen LogP contribution in [0.3, 0.4) is 0 Å². The van der Waals surface area contributed by atoms with Gasteiger partial charge in [-0.1, -0.05) is 32.7 Å². The lowest BCUT2D eigenvalue weighted by atomic mass is 10.00. The molecule has 0 bridgehead atoms. The number of pyridine rings is 1. The molecule has 1 aliphatic rings. The second-order valence-electron chi connectivity index (χ2n) is 9.71. The summed E-state index contributed by atoms with van der Waals surface area (Å²) in [6.07, 6.45) is 11.9. The Labute approximate surface area is 254 Å². The third-order valence-corrected chi connectivity index (χ3v) is 8.52. The van der Waals surface area contributed by atoms with Gasteiger partial charge in [0.2, 0.25) is 5.91 Å². The van der Waals surface area contributed by atoms with E-state index in [-0.39, 0.29) is 11.7 Å². The zero-order valence-corrected chi connectivity index (χ0v) is 25.3. The molecule has 4 rings (SSSR count). The number of allylic oxidation sites excluding steroid dienone is 4. The van der Waals surface area contributed by atoms with Gasteiger partial charge in [0.25, 0.3) is 11.5 Å². The fourth-order valence-electron chi connectivity index (χ4n) is 4.88. The molecule has 0 atom stereocenters. The van der Waals surface area contributed by atoms with Crippen molar-refractivity contribution in [2.45, 2.75) is 33.3 Å². The molecule has 0 saturated heterocycles. The quantitative estimate of drug-likeness (QED) is 0.221. The van der Waals surface area contributed by atoms with Crippen molar-refractivity contribution in [1.82, 2.24) is 19.9 Å². The lowest BCUT2D eigenvalue weighted by Crippen LogP contribution is -2.38. The number of hydrogen-bond donors (Lipinski definition) is 3. The lowest BCUT2D eigenvalue weighted by molar-refractivity contribution is -0.115. The molecule has 43 heavy (non-hydrogen) atoms. The van der Waals surface area contributed by atoms with Gasteiger partial charge in [-0.3, -0.25) is 19.3 Å². The summed E-state index contributed by atoms with van der Waals surface area (Å²) in [5.41, 5.74) is 3.94. The van der Waals surface area contributed by atoms with Gasteiger partial charge in [0, 0.05) is 53.4 Å². The van der Waals surface area contributed by atoms with Gasteiger partial charge in [-0.2, -0.15) is 0 Å². The maximum absolute atomic E-state index is 13.6. The van der Waals surface area contributed by atoms with Gasteiger partial charge in [0.15, 0.2) is 5.82 Å². The van der Waals surface area contributed by atoms with Gasteiger partial charge < -0.3 is 20.3 Å². The summed E-state index contributed by atoms with van der Waals surface area (Å²) in [4.78, 5) is 51.1. The van der Waals surface area contributed by atoms with E-state index in [9.17, 15) is 19.5 Å². The van der Waals surface area contributed by atoms with E-state index in [1.165, 1.54) is 38.5 Å². The number of hydrogen-bond acceptors (Lipinski definition) is 8. The van der Waals surface area contributed by atoms with Crippen LogP contribution in [0, 0.1) is 6.92 Å². The Morgan fingerprint density at radius 3 is 2.63 bits per heavy atom. The average molecular weight is 599 g/mol. The molecule has 222 valence electrons. The van der Waals surface area contributed by atoms with Crippen molar-refractivity contribution in [1.29, 1.82) is 0 Å². The Bertz CT molecular complexity index is 1750. The Balaban J connectivity index is 1.75. The molecule has 0 aromatic carbocycles. The minimum atomic E-state index is -0.419. The van der Waals surface area contributed by atoms with Crippen molar-refractivity contribution in [2.24, 2.45) is 7.05 Å². The molecular formula is C32H34N6O4S. The largest absolute Gasteiger partial charge is 0.392 e. The van der Waals surface area contributed by atoms with Gasteiger partial charge in [0.05, 0.1) is 17.2 Å². The molecule has 3 aromatic rings. The van der Waals surface area contributed by atoms with E-state index in [0.29, 0.717) is 51.9 Å². The highest BCUT2D eigenvalue weighted by molar-refractivity contribution is 7.14. The second kappa shape index (κ2) is 13.4. The summed E-state index contributed by atoms with van der Waals surface area (Å²) in [5, 5.41) is 16.1. The van der Waals surface area contributed by atoms with Crippen LogP contribution < -0.4 is 21.1 Å². The summed E-state index contributed by atoms with van der Waals surface area (Å²) in [5.74, 6) is -0.218. The van der Waals surface area contributed by atoms with Crippen molar-refractivity contribution >= 4 is 34.8 Å². The highest BCUT2D eigenvalue weighted by Gasteiger charge is 2.32. The summed E-state index contributed by atoms with van der Waals surface area (Å²) >= 11 is 1.52. The van der Waals surface area contributed by atoms with Crippen LogP contribution in [0.1, 0.15) is 38.2 Å². The Morgan fingerprint density at radius 1 is 1.21 bits per heavy atom. The molecule has 1 aliphatic heterocycles. The third kappa shape index (κ3) is 6.32. The number of nitrogens with one attached hydrogen (secondary N) is 2. The van der Waals surface area contributed by atoms with Crippen LogP contribution in [0.5, 0.6) is 0 Å². The monoisotopic (exact) mass is 598 g/mol. The van der Waals surface area contributed by atoms with Crippen molar-refractivity contribution in [2.75, 3.05) is 16.8 Å². The molecule has 0 unspecified atom stereocenters. The highest BCUT2D eigenvalue weighted by atomic mass is 32.1. The molecule has 0 aliphatic carbocycles. The number of fused-ring (bicyclic) bond motifs is 1. The van der Waals surface area contributed by atoms with E-state index in [1.807, 2.05) is 0 Å². The van der Waals surface area contributed by atoms with Crippen molar-refractivity contribution < 1.29 is 14.7 Å². The number of anilines is 2. The molecule has 3 aromatic heterocycles. The topological polar surface area (TPSA) is 129 Å². The molecule has 0 radical (unpaired) electrons. The predicted molar refractivity (Wildman–Crippen MR) is 171 cm³/mol. The molecule has 4 heterocycles. The normalized spacial score (nSPS) is 13.4. The molecule has 11 heteroatoms. The SMILES string of the molecule is C=C/C=C(\C=C(/C=C)Nc1nc(-c2ccnc(N3CCc4c(sc(CC)c4C)C3=O)c2CO)cn(C)c1=O)NC(=O)C=C. The number of aryl methyl sites for hydroxylation is 2. The van der Waals surface area contributed by atoms with Crippen molar-refractivity contribution in [3.05, 3.63) is 117 Å². The minimum Gasteiger partial charge on any atom is -0.392 e. The number of aromatic nitrogens is 3. The van der Waals surface area contributed by atoms with E-state index < -0.39 is 18.1 Å². The molecule has 0 fully saturated rings. The summed E-state index contributed by atoms with van der Waals surface area (Å²) < 4.78 is 1.37. The summed E-state index contributed by atoms with van der Waals surface area (Å²) in [6.45, 7) is 15.1. The number of aliphatic hydroxyl groups is 1. The van der Waals surface area contributed by atoms with Crippen molar-refractivity contribution in [3.63, 3.8) is 0 Å². The number of carbonyl (C=O) groups excluding carboxylic acids is 2. The maximum atomic E-state index is 13.6. The molecule has 0 saturated carbocycles. The summed E-state index contributed by atoms with van der Waals surface area (Å²) in [7, 11) is 1.59. The fourth-order valence-corrected chi connectivity index (χ4v) is 6.13. The Morgan fingerprint density at radius 2 is 1.98 bits per heavy atom. The second-order valence-corrected chi connectivity index (χ2v) is 10.8. The zero-order valence-electron chi connectivity index (χ0n) is 24.4. The minimum absolute atomic E-state index is 0.0127. The fraction of sp³-hybridized carbons (Fsp3) is 0.219. The van der Waals surface area contributed by atoms with Crippen LogP contribution >= 0.6 is 11.3 Å². The van der Waals surface area contributed by atoms with E-state index in [1.54, 1.807) is 42.6 Å². The third-order valence-electron chi connectivity index (χ3n) is 7.05. The first-order valence-corrected chi connectivity index (χ1v) is 14.5. The van der Waals surface area contributed by atoms with E-state index >= 15 is 0 Å². The van der Waals surface area contributed by atoms with Gasteiger partial charge in [0.1, 0.15) is 5.82 Å². The highest BCUT2D eigenvalue weighted by Crippen LogP contribution is 2.36. The van der Waals surface area contributed by atoms with Crippen LogP contribution in [-0.2, 0) is 31.3 Å². The van der Waals surface area contributed by atoms with E-state index in [2.05, 4.69) is 54.2 Å². The molecule has 3 N–H and O–H groups in total. The smallest absolute Gasteiger partial charge is 0.293 e. The first-order valence-electron chi connectivity index (χ1n) is 13.6. The molecular weight excluding hydrogens is 564 g/mol. The van der Waals surface area contributed by atoms with Crippen LogP contribution in [-0.4, -0.2) is 38.0 Å². The molecule has 10 nitrogen and oxygen atoms in total. The molecule has 2 amide bonds. The standard InChI is InChI=1S/C32H34N6O4S/c1-7-11-21(34-27(40)10-4)16-20(8-2)35-29-32(42)37(6)17-25(36-29)23-12-14-33-30(24(23)18-39)38-15-13-22-19(5)26(9-3)43-28(22)31(38)41/h7-8,10-12,14,16-17,39H,1-2,4,9,13,15,18H2,3,5-6H3,(H,34,40)(H,35,36)/b20-16+,21-11+. The maximum Gasteiger partial charge on any atom is 0.293 e. The van der Waals surface area contributed by atoms with Gasteiger partial charge in [-0.15, -0.1) is 11.3 Å². The van der Waals surface area contributed by atoms with Crippen LogP contribution in [0.4, 0.5) is 11.6 Å². The number of amides is 2. The van der Waals surface area contributed by atoms with Crippen LogP contribution in [0.2, 0.25) is 0 Å². The number of aliphatic hydroxyl groups excluding tert-OH is 1. The first-order chi connectivity index (χ1) is 20.7. The summed E-state index contributed by atoms with van der Waals surface area (Å²) in [6, 6.07) is 1.69. The van der Waals surface area contributed by atoms with Gasteiger partial charge in [-0.05, 0) is 61.3 Å². The average Bonchev–Trinajstić information content (AvgIpc) is 3.34. The lowest BCUT2D eigenvalue weighted by Gasteiger charge is -2.28. The zero-order chi connectivity index (χ0) is 31.3. The predicted octanol–water partition coefficient (Wildman–Crippen LogP) is 4.32. The van der Waals surface area contributed by atoms with Gasteiger partial charge in [-0.25, -0.2) is 9.97 Å². The first kappa shape index (κ1) is 31.1. The Kier molecular flexibility index (Phi) is 9.69. The number of nitrogens with zero attached hydrogens (tertiary/aromatic N) is 4. The number of rotatable bonds is 11. The van der Waals surface area contributed by atoms with E-state index in [0.717, 1.165) is 18.1 Å². The van der Waals surface area contributed by atoms with Gasteiger partial charge >= 0.3 is 0 Å². The van der Waals surface area contributed by atoms with Crippen molar-refractivity contribution in [3.8, 4) is 11.3 Å². The van der Waals surface area contributed by atoms with Crippen LogP contribution in [0.25, 0.3) is 11.3 Å². The van der Waals surface area contributed by atoms with Crippen LogP contribution in [0.15, 0.2) is 84.8 Å². The number of thiophene rings is 1. The number of carbonyl (C=O) groups is 2. The molecule has 0 spiro atoms. The van der Waals surface area contributed by atoms with E-state index in [4.69, 9.17) is 0 Å². The Hall–Kier alpha value is -4.87.